The third kappa shape index (κ3) is 4.27. The lowest BCUT2D eigenvalue weighted by Gasteiger charge is -2.45. The highest BCUT2D eigenvalue weighted by atomic mass is 16.1. The van der Waals surface area contributed by atoms with Crippen LogP contribution in [-0.2, 0) is 4.79 Å². The molecule has 1 aliphatic rings. The number of carbonyl (C=O) groups is 1. The van der Waals surface area contributed by atoms with Crippen molar-refractivity contribution in [3.05, 3.63) is 0 Å². The summed E-state index contributed by atoms with van der Waals surface area (Å²) in [5.41, 5.74) is 6.39. The smallest absolute Gasteiger partial charge is 0.224 e. The Balaban J connectivity index is 2.65. The molecule has 3 nitrogen and oxygen atoms in total. The van der Waals surface area contributed by atoms with Gasteiger partial charge in [-0.05, 0) is 37.0 Å². The molecule has 1 rings (SSSR count). The Morgan fingerprint density at radius 3 is 2.00 bits per heavy atom. The molecular formula is C15H30N2O. The summed E-state index contributed by atoms with van der Waals surface area (Å²) in [4.78, 5) is 12.1. The molecule has 3 N–H and O–H groups in total. The van der Waals surface area contributed by atoms with Gasteiger partial charge in [0.15, 0.2) is 0 Å². The zero-order valence-corrected chi connectivity index (χ0v) is 12.8. The predicted molar refractivity (Wildman–Crippen MR) is 76.2 cm³/mol. The van der Waals surface area contributed by atoms with E-state index in [0.29, 0.717) is 10.8 Å². The maximum Gasteiger partial charge on any atom is 0.224 e. The van der Waals surface area contributed by atoms with Crippen LogP contribution in [-0.4, -0.2) is 18.0 Å². The Hall–Kier alpha value is -0.570. The van der Waals surface area contributed by atoms with Crippen molar-refractivity contribution in [3.63, 3.8) is 0 Å². The molecule has 1 amide bonds. The van der Waals surface area contributed by atoms with Gasteiger partial charge < -0.3 is 11.1 Å². The van der Waals surface area contributed by atoms with Crippen LogP contribution < -0.4 is 11.1 Å². The van der Waals surface area contributed by atoms with E-state index in [0.717, 1.165) is 12.8 Å². The number of nitrogens with two attached hydrogens (primary N) is 1. The van der Waals surface area contributed by atoms with E-state index in [1.807, 2.05) is 13.8 Å². The molecule has 0 bridgehead atoms. The number of rotatable bonds is 3. The minimum Gasteiger partial charge on any atom is -0.353 e. The van der Waals surface area contributed by atoms with Crippen molar-refractivity contribution in [1.82, 2.24) is 5.32 Å². The molecule has 0 aromatic carbocycles. The summed E-state index contributed by atoms with van der Waals surface area (Å²) in [6, 6.07) is 0.201. The molecule has 0 radical (unpaired) electrons. The maximum absolute atomic E-state index is 12.1. The minimum atomic E-state index is -0.113. The Morgan fingerprint density at radius 1 is 1.17 bits per heavy atom. The van der Waals surface area contributed by atoms with Gasteiger partial charge in [0.1, 0.15) is 0 Å². The lowest BCUT2D eigenvalue weighted by atomic mass is 9.63. The number of nitrogens with one attached hydrogen (secondary N) is 1. The summed E-state index contributed by atoms with van der Waals surface area (Å²) in [6.45, 7) is 13.0. The monoisotopic (exact) mass is 254 g/mol. The van der Waals surface area contributed by atoms with Crippen LogP contribution in [0.1, 0.15) is 60.8 Å². The quantitative estimate of drug-likeness (QED) is 0.813. The molecule has 0 aliphatic heterocycles. The van der Waals surface area contributed by atoms with Gasteiger partial charge in [0.25, 0.3) is 0 Å². The standard InChI is InChI=1S/C15H30N2O/c1-10(11(2)16)13(18)17-12-7-14(3,4)9-15(5,6)8-12/h10-12H,7-9,16H2,1-6H3,(H,17,18). The summed E-state index contributed by atoms with van der Waals surface area (Å²) in [7, 11) is 0. The normalized spacial score (nSPS) is 26.4. The predicted octanol–water partition coefficient (Wildman–Crippen LogP) is 2.69. The van der Waals surface area contributed by atoms with E-state index in [1.54, 1.807) is 0 Å². The summed E-state index contributed by atoms with van der Waals surface area (Å²) >= 11 is 0. The fraction of sp³-hybridized carbons (Fsp3) is 0.933. The fourth-order valence-corrected chi connectivity index (χ4v) is 3.52. The second-order valence-electron chi connectivity index (χ2n) is 7.77. The lowest BCUT2D eigenvalue weighted by Crippen LogP contribution is -2.49. The summed E-state index contributed by atoms with van der Waals surface area (Å²) in [5, 5.41) is 3.19. The molecule has 1 saturated carbocycles. The van der Waals surface area contributed by atoms with Gasteiger partial charge >= 0.3 is 0 Å². The third-order valence-corrected chi connectivity index (χ3v) is 4.10. The van der Waals surface area contributed by atoms with Crippen LogP contribution in [0.2, 0.25) is 0 Å². The van der Waals surface area contributed by atoms with Gasteiger partial charge in [-0.15, -0.1) is 0 Å². The molecule has 0 saturated heterocycles. The summed E-state index contributed by atoms with van der Waals surface area (Å²) in [5.74, 6) is -0.0124. The molecule has 1 fully saturated rings. The van der Waals surface area contributed by atoms with Crippen LogP contribution in [0.15, 0.2) is 0 Å². The molecule has 0 heterocycles. The van der Waals surface area contributed by atoms with Crippen LogP contribution in [0.25, 0.3) is 0 Å². The van der Waals surface area contributed by atoms with Crippen molar-refractivity contribution in [2.24, 2.45) is 22.5 Å². The van der Waals surface area contributed by atoms with Gasteiger partial charge in [-0.2, -0.15) is 0 Å². The largest absolute Gasteiger partial charge is 0.353 e. The van der Waals surface area contributed by atoms with Crippen molar-refractivity contribution >= 4 is 5.91 Å². The molecule has 106 valence electrons. The number of hydrogen-bond acceptors (Lipinski definition) is 2. The summed E-state index contributed by atoms with van der Waals surface area (Å²) < 4.78 is 0. The SMILES string of the molecule is CC(N)C(C)C(=O)NC1CC(C)(C)CC(C)(C)C1. The van der Waals surface area contributed by atoms with Crippen LogP contribution in [0, 0.1) is 16.7 Å². The van der Waals surface area contributed by atoms with E-state index in [2.05, 4.69) is 33.0 Å². The highest BCUT2D eigenvalue weighted by Crippen LogP contribution is 2.45. The van der Waals surface area contributed by atoms with Gasteiger partial charge in [-0.25, -0.2) is 0 Å². The van der Waals surface area contributed by atoms with Crippen molar-refractivity contribution < 1.29 is 4.79 Å². The van der Waals surface area contributed by atoms with E-state index < -0.39 is 0 Å². The van der Waals surface area contributed by atoms with Gasteiger partial charge in [0.2, 0.25) is 5.91 Å². The molecule has 2 atom stereocenters. The number of hydrogen-bond donors (Lipinski definition) is 2. The Bertz CT molecular complexity index is 292. The lowest BCUT2D eigenvalue weighted by molar-refractivity contribution is -0.126. The van der Waals surface area contributed by atoms with Gasteiger partial charge in [0.05, 0.1) is 0 Å². The van der Waals surface area contributed by atoms with Crippen molar-refractivity contribution in [1.29, 1.82) is 0 Å². The van der Waals surface area contributed by atoms with Crippen LogP contribution in [0.3, 0.4) is 0 Å². The van der Waals surface area contributed by atoms with Gasteiger partial charge in [-0.3, -0.25) is 4.79 Å². The first-order valence-electron chi connectivity index (χ1n) is 7.08. The van der Waals surface area contributed by atoms with Crippen molar-refractivity contribution in [2.75, 3.05) is 0 Å². The second-order valence-corrected chi connectivity index (χ2v) is 7.77. The zero-order valence-electron chi connectivity index (χ0n) is 12.8. The maximum atomic E-state index is 12.1. The van der Waals surface area contributed by atoms with E-state index in [4.69, 9.17) is 5.73 Å². The first-order chi connectivity index (χ1) is 8.02. The topological polar surface area (TPSA) is 55.1 Å². The molecule has 3 heteroatoms. The zero-order chi connectivity index (χ0) is 14.1. The fourth-order valence-electron chi connectivity index (χ4n) is 3.52. The summed E-state index contributed by atoms with van der Waals surface area (Å²) in [6.07, 6.45) is 3.34. The minimum absolute atomic E-state index is 0.0883. The van der Waals surface area contributed by atoms with Gasteiger partial charge in [0, 0.05) is 18.0 Å². The van der Waals surface area contributed by atoms with Crippen LogP contribution >= 0.6 is 0 Å². The van der Waals surface area contributed by atoms with E-state index >= 15 is 0 Å². The average molecular weight is 254 g/mol. The molecule has 0 aromatic heterocycles. The van der Waals surface area contributed by atoms with Crippen molar-refractivity contribution in [2.45, 2.75) is 72.9 Å². The van der Waals surface area contributed by atoms with Crippen LogP contribution in [0.5, 0.6) is 0 Å². The highest BCUT2D eigenvalue weighted by Gasteiger charge is 2.39. The molecule has 0 spiro atoms. The molecule has 1 aliphatic carbocycles. The third-order valence-electron chi connectivity index (χ3n) is 4.10. The van der Waals surface area contributed by atoms with Crippen LogP contribution in [0.4, 0.5) is 0 Å². The van der Waals surface area contributed by atoms with E-state index in [1.165, 1.54) is 6.42 Å². The van der Waals surface area contributed by atoms with Gasteiger partial charge in [-0.1, -0.05) is 34.6 Å². The molecule has 0 aromatic rings. The Kier molecular flexibility index (Phi) is 4.47. The van der Waals surface area contributed by atoms with Crippen molar-refractivity contribution in [3.8, 4) is 0 Å². The number of amides is 1. The molecular weight excluding hydrogens is 224 g/mol. The first-order valence-corrected chi connectivity index (χ1v) is 7.08. The first kappa shape index (κ1) is 15.5. The molecule has 2 unspecified atom stereocenters. The Labute approximate surface area is 112 Å². The number of carbonyl (C=O) groups excluding carboxylic acids is 1. The highest BCUT2D eigenvalue weighted by molar-refractivity contribution is 5.79. The van der Waals surface area contributed by atoms with E-state index in [-0.39, 0.29) is 23.9 Å². The Morgan fingerprint density at radius 2 is 1.61 bits per heavy atom. The second kappa shape index (κ2) is 5.20. The molecule has 18 heavy (non-hydrogen) atoms. The average Bonchev–Trinajstić information content (AvgIpc) is 2.10. The van der Waals surface area contributed by atoms with E-state index in [9.17, 15) is 4.79 Å².